The number of pyridine rings is 1. The lowest BCUT2D eigenvalue weighted by Gasteiger charge is -2.26. The van der Waals surface area contributed by atoms with Gasteiger partial charge in [-0.1, -0.05) is 6.07 Å². The van der Waals surface area contributed by atoms with Crippen LogP contribution in [0.1, 0.15) is 41.5 Å². The smallest absolute Gasteiger partial charge is 0.379 e. The van der Waals surface area contributed by atoms with Crippen molar-refractivity contribution in [1.29, 1.82) is 0 Å². The van der Waals surface area contributed by atoms with Crippen LogP contribution in [-0.2, 0) is 17.5 Å². The van der Waals surface area contributed by atoms with E-state index in [1.165, 1.54) is 0 Å². The molecule has 0 radical (unpaired) electrons. The largest absolute Gasteiger partial charge is 0.433 e. The van der Waals surface area contributed by atoms with Crippen molar-refractivity contribution in [2.45, 2.75) is 32.6 Å². The van der Waals surface area contributed by atoms with Crippen molar-refractivity contribution < 1.29 is 22.7 Å². The Kier molecular flexibility index (Phi) is 5.99. The first kappa shape index (κ1) is 20.3. The van der Waals surface area contributed by atoms with Gasteiger partial charge in [-0.25, -0.2) is 4.98 Å². The van der Waals surface area contributed by atoms with E-state index in [2.05, 4.69) is 20.3 Å². The van der Waals surface area contributed by atoms with Gasteiger partial charge in [-0.2, -0.15) is 18.3 Å². The summed E-state index contributed by atoms with van der Waals surface area (Å²) in [6, 6.07) is 2.84. The molecule has 2 aromatic rings. The molecule has 1 aliphatic heterocycles. The molecule has 0 bridgehead atoms. The minimum absolute atomic E-state index is 0.182. The highest BCUT2D eigenvalue weighted by molar-refractivity contribution is 6.04. The molecule has 152 valence electrons. The third kappa shape index (κ3) is 4.68. The predicted molar refractivity (Wildman–Crippen MR) is 95.9 cm³/mol. The molecule has 3 heterocycles. The maximum absolute atomic E-state index is 13.4. The number of nitrogens with zero attached hydrogens (tertiary/aromatic N) is 4. The topological polar surface area (TPSA) is 72.3 Å². The Labute approximate surface area is 160 Å². The van der Waals surface area contributed by atoms with Gasteiger partial charge in [0.25, 0.3) is 5.91 Å². The number of carbonyl (C=O) groups is 1. The van der Waals surface area contributed by atoms with Crippen molar-refractivity contribution in [3.8, 4) is 0 Å². The second-order valence-electron chi connectivity index (χ2n) is 6.84. The zero-order valence-electron chi connectivity index (χ0n) is 15.7. The molecule has 3 rings (SSSR count). The molecular formula is C18H22F3N5O2. The number of hydrogen-bond donors (Lipinski definition) is 1. The summed E-state index contributed by atoms with van der Waals surface area (Å²) in [5, 5.41) is 6.14. The minimum Gasteiger partial charge on any atom is -0.379 e. The normalized spacial score (nSPS) is 15.8. The summed E-state index contributed by atoms with van der Waals surface area (Å²) in [6.07, 6.45) is -2.15. The molecule has 7 nitrogen and oxygen atoms in total. The summed E-state index contributed by atoms with van der Waals surface area (Å²) in [7, 11) is 0. The monoisotopic (exact) mass is 397 g/mol. The van der Waals surface area contributed by atoms with E-state index in [1.807, 2.05) is 0 Å². The lowest BCUT2D eigenvalue weighted by atomic mass is 10.2. The second-order valence-corrected chi connectivity index (χ2v) is 6.84. The lowest BCUT2D eigenvalue weighted by Crippen LogP contribution is -2.35. The van der Waals surface area contributed by atoms with E-state index in [-0.39, 0.29) is 5.82 Å². The standard InChI is InChI=1S/C18H22F3N5O2/c1-12(2)26-16(18(19,20)21)14(10-23-26)17(27)24-15-4-3-13(9-22-15)11-25-5-7-28-8-6-25/h3-4,9-10,12H,5-8,11H2,1-2H3,(H,22,24,27). The van der Waals surface area contributed by atoms with E-state index in [0.29, 0.717) is 19.8 Å². The molecule has 0 saturated carbocycles. The Morgan fingerprint density at radius 2 is 1.96 bits per heavy atom. The van der Waals surface area contributed by atoms with Crippen LogP contribution in [0, 0.1) is 0 Å². The molecule has 2 aromatic heterocycles. The maximum Gasteiger partial charge on any atom is 0.433 e. The number of anilines is 1. The van der Waals surface area contributed by atoms with E-state index < -0.39 is 29.4 Å². The van der Waals surface area contributed by atoms with Gasteiger partial charge in [0.1, 0.15) is 5.82 Å². The third-order valence-electron chi connectivity index (χ3n) is 4.37. The molecule has 1 N–H and O–H groups in total. The maximum atomic E-state index is 13.4. The van der Waals surface area contributed by atoms with E-state index in [1.54, 1.807) is 32.2 Å². The van der Waals surface area contributed by atoms with Gasteiger partial charge in [-0.3, -0.25) is 14.4 Å². The number of amides is 1. The van der Waals surface area contributed by atoms with Gasteiger partial charge in [0.2, 0.25) is 0 Å². The fourth-order valence-corrected chi connectivity index (χ4v) is 3.00. The summed E-state index contributed by atoms with van der Waals surface area (Å²) in [4.78, 5) is 18.8. The SMILES string of the molecule is CC(C)n1ncc(C(=O)Nc2ccc(CN3CCOCC3)cn2)c1C(F)(F)F. The zero-order valence-corrected chi connectivity index (χ0v) is 15.7. The number of carbonyl (C=O) groups excluding carboxylic acids is 1. The molecule has 10 heteroatoms. The van der Waals surface area contributed by atoms with Gasteiger partial charge in [0.15, 0.2) is 5.69 Å². The van der Waals surface area contributed by atoms with Crippen LogP contribution in [0.25, 0.3) is 0 Å². The average molecular weight is 397 g/mol. The first-order valence-electron chi connectivity index (χ1n) is 8.97. The number of alkyl halides is 3. The quantitative estimate of drug-likeness (QED) is 0.840. The molecule has 0 spiro atoms. The fraction of sp³-hybridized carbons (Fsp3) is 0.500. The van der Waals surface area contributed by atoms with E-state index in [0.717, 1.165) is 29.5 Å². The van der Waals surface area contributed by atoms with Crippen LogP contribution in [0.3, 0.4) is 0 Å². The van der Waals surface area contributed by atoms with Gasteiger partial charge < -0.3 is 10.1 Å². The molecule has 0 aromatic carbocycles. The number of morpholine rings is 1. The second kappa shape index (κ2) is 8.27. The van der Waals surface area contributed by atoms with E-state index in [9.17, 15) is 18.0 Å². The first-order chi connectivity index (χ1) is 13.3. The summed E-state index contributed by atoms with van der Waals surface area (Å²) >= 11 is 0. The van der Waals surface area contributed by atoms with Crippen molar-refractivity contribution in [2.24, 2.45) is 0 Å². The lowest BCUT2D eigenvalue weighted by molar-refractivity contribution is -0.145. The highest BCUT2D eigenvalue weighted by atomic mass is 19.4. The highest BCUT2D eigenvalue weighted by Gasteiger charge is 2.40. The van der Waals surface area contributed by atoms with Crippen LogP contribution >= 0.6 is 0 Å². The number of nitrogens with one attached hydrogen (secondary N) is 1. The zero-order chi connectivity index (χ0) is 20.3. The van der Waals surface area contributed by atoms with Crippen molar-refractivity contribution >= 4 is 11.7 Å². The first-order valence-corrected chi connectivity index (χ1v) is 8.97. The Morgan fingerprint density at radius 3 is 2.54 bits per heavy atom. The summed E-state index contributed by atoms with van der Waals surface area (Å²) in [6.45, 7) is 6.87. The summed E-state index contributed by atoms with van der Waals surface area (Å²) in [5.41, 5.74) is -0.646. The van der Waals surface area contributed by atoms with Crippen LogP contribution in [-0.4, -0.2) is 51.9 Å². The minimum atomic E-state index is -4.69. The van der Waals surface area contributed by atoms with Crippen LogP contribution in [0.2, 0.25) is 0 Å². The Hall–Kier alpha value is -2.46. The molecule has 1 aliphatic rings. The van der Waals surface area contributed by atoms with Crippen molar-refractivity contribution in [2.75, 3.05) is 31.6 Å². The molecule has 1 saturated heterocycles. The van der Waals surface area contributed by atoms with Crippen molar-refractivity contribution in [1.82, 2.24) is 19.7 Å². The van der Waals surface area contributed by atoms with E-state index in [4.69, 9.17) is 4.74 Å². The van der Waals surface area contributed by atoms with Crippen LogP contribution in [0.15, 0.2) is 24.5 Å². The number of halogens is 3. The Bertz CT molecular complexity index is 812. The molecular weight excluding hydrogens is 375 g/mol. The van der Waals surface area contributed by atoms with Crippen LogP contribution < -0.4 is 5.32 Å². The molecule has 0 aliphatic carbocycles. The molecule has 0 atom stereocenters. The Morgan fingerprint density at radius 1 is 1.25 bits per heavy atom. The highest BCUT2D eigenvalue weighted by Crippen LogP contribution is 2.33. The average Bonchev–Trinajstić information content (AvgIpc) is 3.10. The molecule has 0 unspecified atom stereocenters. The number of hydrogen-bond acceptors (Lipinski definition) is 5. The van der Waals surface area contributed by atoms with Gasteiger partial charge in [-0.05, 0) is 25.5 Å². The molecule has 28 heavy (non-hydrogen) atoms. The fourth-order valence-electron chi connectivity index (χ4n) is 3.00. The van der Waals surface area contributed by atoms with Crippen molar-refractivity contribution in [3.63, 3.8) is 0 Å². The Balaban J connectivity index is 1.71. The van der Waals surface area contributed by atoms with Crippen LogP contribution in [0.4, 0.5) is 19.0 Å². The number of aromatic nitrogens is 3. The molecule has 1 fully saturated rings. The molecule has 1 amide bonds. The van der Waals surface area contributed by atoms with Gasteiger partial charge >= 0.3 is 6.18 Å². The predicted octanol–water partition coefficient (Wildman–Crippen LogP) is 2.96. The van der Waals surface area contributed by atoms with E-state index >= 15 is 0 Å². The van der Waals surface area contributed by atoms with Gasteiger partial charge in [-0.15, -0.1) is 0 Å². The third-order valence-corrected chi connectivity index (χ3v) is 4.37. The van der Waals surface area contributed by atoms with Gasteiger partial charge in [0, 0.05) is 31.9 Å². The van der Waals surface area contributed by atoms with Gasteiger partial charge in [0.05, 0.1) is 25.0 Å². The number of ether oxygens (including phenoxy) is 1. The van der Waals surface area contributed by atoms with Crippen molar-refractivity contribution in [3.05, 3.63) is 41.3 Å². The number of rotatable bonds is 5. The van der Waals surface area contributed by atoms with Crippen LogP contribution in [0.5, 0.6) is 0 Å². The summed E-state index contributed by atoms with van der Waals surface area (Å²) < 4.78 is 46.3. The summed E-state index contributed by atoms with van der Waals surface area (Å²) in [5.74, 6) is -0.714.